The molecule has 2 aromatic carbocycles. The number of rotatable bonds is 7. The summed E-state index contributed by atoms with van der Waals surface area (Å²) in [5.41, 5.74) is 1.40. The van der Waals surface area contributed by atoms with Gasteiger partial charge in [0.1, 0.15) is 11.6 Å². The molecule has 4 rings (SSSR count). The number of nitrogens with one attached hydrogen (secondary N) is 1. The molecule has 0 aromatic heterocycles. The maximum atomic E-state index is 14.2. The van der Waals surface area contributed by atoms with Gasteiger partial charge in [-0.15, -0.1) is 0 Å². The lowest BCUT2D eigenvalue weighted by Gasteiger charge is -2.32. The largest absolute Gasteiger partial charge is 0.493 e. The Kier molecular flexibility index (Phi) is 6.38. The molecule has 2 heterocycles. The fourth-order valence-electron chi connectivity index (χ4n) is 4.04. The Morgan fingerprint density at radius 1 is 1.20 bits per heavy atom. The molecular weight excluding hydrogens is 389 g/mol. The van der Waals surface area contributed by atoms with Gasteiger partial charge in [-0.05, 0) is 55.1 Å². The highest BCUT2D eigenvalue weighted by atomic mass is 19.1. The van der Waals surface area contributed by atoms with E-state index in [0.29, 0.717) is 17.9 Å². The summed E-state index contributed by atoms with van der Waals surface area (Å²) in [5.74, 6) is 1.76. The summed E-state index contributed by atoms with van der Waals surface area (Å²) in [5, 5.41) is 3.41. The molecule has 2 atom stereocenters. The van der Waals surface area contributed by atoms with Crippen molar-refractivity contribution in [2.75, 3.05) is 33.1 Å². The third-order valence-corrected chi connectivity index (χ3v) is 5.55. The van der Waals surface area contributed by atoms with Crippen molar-refractivity contribution >= 4 is 5.97 Å². The molecule has 6 nitrogen and oxygen atoms in total. The molecule has 30 heavy (non-hydrogen) atoms. The van der Waals surface area contributed by atoms with Crippen LogP contribution in [0.4, 0.5) is 4.39 Å². The van der Waals surface area contributed by atoms with E-state index in [9.17, 15) is 9.18 Å². The number of hydrogen-bond donors (Lipinski definition) is 1. The number of benzene rings is 2. The molecule has 1 saturated heterocycles. The summed E-state index contributed by atoms with van der Waals surface area (Å²) in [4.78, 5) is 11.8. The predicted octanol–water partition coefficient (Wildman–Crippen LogP) is 3.43. The molecule has 0 unspecified atom stereocenters. The highest BCUT2D eigenvalue weighted by Crippen LogP contribution is 2.36. The summed E-state index contributed by atoms with van der Waals surface area (Å²) in [6, 6.07) is 10.6. The van der Waals surface area contributed by atoms with Crippen LogP contribution >= 0.6 is 0 Å². The number of halogens is 1. The molecule has 0 radical (unpaired) electrons. The highest BCUT2D eigenvalue weighted by molar-refractivity contribution is 5.72. The predicted molar refractivity (Wildman–Crippen MR) is 109 cm³/mol. The second-order valence-electron chi connectivity index (χ2n) is 7.52. The summed E-state index contributed by atoms with van der Waals surface area (Å²) in [6.07, 6.45) is 0.858. The van der Waals surface area contributed by atoms with Gasteiger partial charge < -0.3 is 24.3 Å². The molecule has 2 aromatic rings. The van der Waals surface area contributed by atoms with Crippen LogP contribution in [0.15, 0.2) is 36.4 Å². The number of ether oxygens (including phenoxy) is 4. The Bertz CT molecular complexity index is 903. The number of hydrogen-bond acceptors (Lipinski definition) is 6. The standard InChI is InChI=1S/C23H26FNO5/c1-2-27-23(26)10-16-9-15(3-5-20(16)24)19-7-8-25-12-17(19)13-28-18-4-6-21-22(11-18)30-14-29-21/h3-6,9,11,17,19,25H,2,7-8,10,12-14H2,1H3/t17-,19-/m0/s1. The van der Waals surface area contributed by atoms with Gasteiger partial charge in [-0.3, -0.25) is 4.79 Å². The van der Waals surface area contributed by atoms with Gasteiger partial charge in [0.2, 0.25) is 6.79 Å². The first-order valence-electron chi connectivity index (χ1n) is 10.3. The van der Waals surface area contributed by atoms with Crippen molar-refractivity contribution in [2.45, 2.75) is 25.7 Å². The van der Waals surface area contributed by atoms with E-state index in [-0.39, 0.29) is 37.5 Å². The van der Waals surface area contributed by atoms with Gasteiger partial charge in [0, 0.05) is 18.5 Å². The monoisotopic (exact) mass is 415 g/mol. The van der Waals surface area contributed by atoms with Crippen LogP contribution in [0, 0.1) is 11.7 Å². The average molecular weight is 415 g/mol. The minimum atomic E-state index is -0.415. The third kappa shape index (κ3) is 4.67. The van der Waals surface area contributed by atoms with Gasteiger partial charge in [0.15, 0.2) is 11.5 Å². The van der Waals surface area contributed by atoms with Crippen molar-refractivity contribution in [1.82, 2.24) is 5.32 Å². The smallest absolute Gasteiger partial charge is 0.310 e. The lowest BCUT2D eigenvalue weighted by Crippen LogP contribution is -2.38. The molecule has 160 valence electrons. The molecule has 1 fully saturated rings. The molecule has 2 aliphatic heterocycles. The molecule has 0 bridgehead atoms. The summed E-state index contributed by atoms with van der Waals surface area (Å²) in [7, 11) is 0. The van der Waals surface area contributed by atoms with Gasteiger partial charge in [0.05, 0.1) is 19.6 Å². The van der Waals surface area contributed by atoms with Crippen LogP contribution in [0.1, 0.15) is 30.4 Å². The molecule has 0 aliphatic carbocycles. The first kappa shape index (κ1) is 20.5. The Hall–Kier alpha value is -2.80. The Morgan fingerprint density at radius 2 is 2.07 bits per heavy atom. The number of fused-ring (bicyclic) bond motifs is 1. The quantitative estimate of drug-likeness (QED) is 0.699. The van der Waals surface area contributed by atoms with Crippen LogP contribution in [0.2, 0.25) is 0 Å². The topological polar surface area (TPSA) is 66.0 Å². The van der Waals surface area contributed by atoms with Gasteiger partial charge in [-0.1, -0.05) is 12.1 Å². The normalized spacial score (nSPS) is 20.1. The zero-order chi connectivity index (χ0) is 20.9. The maximum absolute atomic E-state index is 14.2. The van der Waals surface area contributed by atoms with Crippen molar-refractivity contribution in [3.05, 3.63) is 53.3 Å². The Morgan fingerprint density at radius 3 is 2.93 bits per heavy atom. The fourth-order valence-corrected chi connectivity index (χ4v) is 4.04. The van der Waals surface area contributed by atoms with Gasteiger partial charge in [-0.25, -0.2) is 4.39 Å². The minimum absolute atomic E-state index is 0.0587. The van der Waals surface area contributed by atoms with E-state index in [4.69, 9.17) is 18.9 Å². The van der Waals surface area contributed by atoms with E-state index in [2.05, 4.69) is 5.32 Å². The van der Waals surface area contributed by atoms with Crippen molar-refractivity contribution in [3.63, 3.8) is 0 Å². The second kappa shape index (κ2) is 9.34. The molecule has 7 heteroatoms. The van der Waals surface area contributed by atoms with Gasteiger partial charge in [0.25, 0.3) is 0 Å². The van der Waals surface area contributed by atoms with Crippen LogP contribution in [-0.2, 0) is 16.0 Å². The minimum Gasteiger partial charge on any atom is -0.493 e. The Labute approximate surface area is 175 Å². The lowest BCUT2D eigenvalue weighted by molar-refractivity contribution is -0.142. The summed E-state index contributed by atoms with van der Waals surface area (Å²) < 4.78 is 36.0. The molecule has 0 saturated carbocycles. The SMILES string of the molecule is CCOC(=O)Cc1cc([C@@H]2CCNC[C@H]2COc2ccc3c(c2)OCO3)ccc1F. The molecule has 0 amide bonds. The van der Waals surface area contributed by atoms with Crippen molar-refractivity contribution < 1.29 is 28.1 Å². The average Bonchev–Trinajstić information content (AvgIpc) is 3.22. The Balaban J connectivity index is 1.46. The van der Waals surface area contributed by atoms with E-state index in [1.807, 2.05) is 24.3 Å². The van der Waals surface area contributed by atoms with E-state index in [0.717, 1.165) is 36.6 Å². The highest BCUT2D eigenvalue weighted by Gasteiger charge is 2.28. The van der Waals surface area contributed by atoms with Gasteiger partial charge >= 0.3 is 5.97 Å². The number of carbonyl (C=O) groups excluding carboxylic acids is 1. The van der Waals surface area contributed by atoms with Crippen molar-refractivity contribution in [1.29, 1.82) is 0 Å². The summed E-state index contributed by atoms with van der Waals surface area (Å²) in [6.45, 7) is 4.46. The van der Waals surface area contributed by atoms with E-state index in [1.54, 1.807) is 13.0 Å². The van der Waals surface area contributed by atoms with Crippen LogP contribution in [0.25, 0.3) is 0 Å². The van der Waals surface area contributed by atoms with E-state index >= 15 is 0 Å². The molecular formula is C23H26FNO5. The van der Waals surface area contributed by atoms with Crippen molar-refractivity contribution in [2.24, 2.45) is 5.92 Å². The first-order chi connectivity index (χ1) is 14.6. The van der Waals surface area contributed by atoms with E-state index < -0.39 is 5.97 Å². The number of piperidine rings is 1. The number of carbonyl (C=O) groups is 1. The fraction of sp³-hybridized carbons (Fsp3) is 0.435. The number of esters is 1. The van der Waals surface area contributed by atoms with Crippen LogP contribution in [0.3, 0.4) is 0 Å². The molecule has 2 aliphatic rings. The molecule has 1 N–H and O–H groups in total. The summed E-state index contributed by atoms with van der Waals surface area (Å²) >= 11 is 0. The third-order valence-electron chi connectivity index (χ3n) is 5.55. The van der Waals surface area contributed by atoms with Gasteiger partial charge in [-0.2, -0.15) is 0 Å². The van der Waals surface area contributed by atoms with Crippen LogP contribution in [0.5, 0.6) is 17.2 Å². The second-order valence-corrected chi connectivity index (χ2v) is 7.52. The van der Waals surface area contributed by atoms with Crippen LogP contribution < -0.4 is 19.5 Å². The zero-order valence-electron chi connectivity index (χ0n) is 17.0. The van der Waals surface area contributed by atoms with E-state index in [1.165, 1.54) is 6.07 Å². The maximum Gasteiger partial charge on any atom is 0.310 e. The lowest BCUT2D eigenvalue weighted by atomic mass is 9.81. The van der Waals surface area contributed by atoms with Crippen molar-refractivity contribution in [3.8, 4) is 17.2 Å². The molecule has 0 spiro atoms. The zero-order valence-corrected chi connectivity index (χ0v) is 17.0. The van der Waals surface area contributed by atoms with Crippen LogP contribution in [-0.4, -0.2) is 39.1 Å². The first-order valence-corrected chi connectivity index (χ1v) is 10.3.